The van der Waals surface area contributed by atoms with Crippen molar-refractivity contribution < 1.29 is 0 Å². The van der Waals surface area contributed by atoms with Gasteiger partial charge in [0.1, 0.15) is 5.84 Å². The maximum atomic E-state index is 6.16. The third-order valence-electron chi connectivity index (χ3n) is 3.76. The lowest BCUT2D eigenvalue weighted by atomic mass is 9.68. The molecule has 2 N–H and O–H groups in total. The third-order valence-corrected chi connectivity index (χ3v) is 3.76. The predicted molar refractivity (Wildman–Crippen MR) is 68.8 cm³/mol. The van der Waals surface area contributed by atoms with Gasteiger partial charge in [0, 0.05) is 7.05 Å². The molecule has 0 bridgehead atoms. The van der Waals surface area contributed by atoms with Crippen LogP contribution in [0.3, 0.4) is 0 Å². The highest BCUT2D eigenvalue weighted by molar-refractivity contribution is 5.91. The predicted octanol–water partition coefficient (Wildman–Crippen LogP) is 2.88. The fourth-order valence-electron chi connectivity index (χ4n) is 2.82. The minimum absolute atomic E-state index is 0.00819. The molecule has 2 nitrogen and oxygen atoms in total. The van der Waals surface area contributed by atoms with Gasteiger partial charge in [-0.2, -0.15) is 0 Å². The van der Waals surface area contributed by atoms with Crippen LogP contribution < -0.4 is 5.73 Å². The molecule has 1 aliphatic carbocycles. The molecule has 0 unspecified atom stereocenters. The molecule has 16 heavy (non-hydrogen) atoms. The van der Waals surface area contributed by atoms with E-state index in [-0.39, 0.29) is 5.41 Å². The molecule has 1 aliphatic rings. The summed E-state index contributed by atoms with van der Waals surface area (Å²) in [5.41, 5.74) is 7.50. The highest BCUT2D eigenvalue weighted by Gasteiger charge is 2.37. The zero-order chi connectivity index (χ0) is 11.4. The number of rotatable bonds is 2. The number of aliphatic imine (C=N–C) groups is 1. The van der Waals surface area contributed by atoms with Gasteiger partial charge < -0.3 is 5.73 Å². The molecule has 86 valence electrons. The van der Waals surface area contributed by atoms with Crippen molar-refractivity contribution in [3.8, 4) is 0 Å². The number of hydrogen-bond donors (Lipinski definition) is 1. The van der Waals surface area contributed by atoms with Crippen LogP contribution in [0.25, 0.3) is 0 Å². The summed E-state index contributed by atoms with van der Waals surface area (Å²) in [5.74, 6) is 0.804. The minimum Gasteiger partial charge on any atom is -0.387 e. The highest BCUT2D eigenvalue weighted by atomic mass is 14.9. The second-order valence-corrected chi connectivity index (χ2v) is 4.62. The molecular weight excluding hydrogens is 196 g/mol. The Hall–Kier alpha value is -1.31. The number of nitrogens with two attached hydrogens (primary N) is 1. The maximum absolute atomic E-state index is 6.16. The van der Waals surface area contributed by atoms with Crippen LogP contribution in [0.4, 0.5) is 0 Å². The Kier molecular flexibility index (Phi) is 3.28. The topological polar surface area (TPSA) is 38.4 Å². The van der Waals surface area contributed by atoms with E-state index in [2.05, 4.69) is 35.3 Å². The first-order chi connectivity index (χ1) is 7.79. The average Bonchev–Trinajstić information content (AvgIpc) is 2.39. The molecule has 1 aromatic carbocycles. The van der Waals surface area contributed by atoms with Crippen molar-refractivity contribution in [2.24, 2.45) is 10.7 Å². The summed E-state index contributed by atoms with van der Waals surface area (Å²) in [7, 11) is 1.80. The summed E-state index contributed by atoms with van der Waals surface area (Å²) >= 11 is 0. The lowest BCUT2D eigenvalue weighted by Crippen LogP contribution is -2.43. The Morgan fingerprint density at radius 2 is 1.75 bits per heavy atom. The van der Waals surface area contributed by atoms with E-state index in [0.717, 1.165) is 18.7 Å². The van der Waals surface area contributed by atoms with Crippen LogP contribution in [0.15, 0.2) is 35.3 Å². The normalized spacial score (nSPS) is 20.7. The standard InChI is InChI=1S/C14H20N2/c1-16-13(15)14(10-6-3-7-11-14)12-8-4-2-5-9-12/h2,4-5,8-9H,3,6-7,10-11H2,1H3,(H2,15,16). The molecule has 1 saturated carbocycles. The Labute approximate surface area is 97.6 Å². The zero-order valence-electron chi connectivity index (χ0n) is 9.95. The van der Waals surface area contributed by atoms with E-state index in [0.29, 0.717) is 0 Å². The maximum Gasteiger partial charge on any atom is 0.104 e. The van der Waals surface area contributed by atoms with E-state index >= 15 is 0 Å². The summed E-state index contributed by atoms with van der Waals surface area (Å²) in [5, 5.41) is 0. The first-order valence-corrected chi connectivity index (χ1v) is 6.08. The van der Waals surface area contributed by atoms with E-state index in [4.69, 9.17) is 5.73 Å². The molecule has 0 aromatic heterocycles. The van der Waals surface area contributed by atoms with Crippen molar-refractivity contribution in [2.75, 3.05) is 7.05 Å². The van der Waals surface area contributed by atoms with E-state index < -0.39 is 0 Å². The van der Waals surface area contributed by atoms with Gasteiger partial charge in [0.25, 0.3) is 0 Å². The van der Waals surface area contributed by atoms with Crippen molar-refractivity contribution >= 4 is 5.84 Å². The quantitative estimate of drug-likeness (QED) is 0.599. The summed E-state index contributed by atoms with van der Waals surface area (Å²) < 4.78 is 0. The average molecular weight is 216 g/mol. The smallest absolute Gasteiger partial charge is 0.104 e. The van der Waals surface area contributed by atoms with Crippen LogP contribution in [-0.2, 0) is 5.41 Å². The fraction of sp³-hybridized carbons (Fsp3) is 0.500. The molecule has 2 heteroatoms. The molecule has 0 spiro atoms. The molecular formula is C14H20N2. The molecule has 0 saturated heterocycles. The van der Waals surface area contributed by atoms with Crippen LogP contribution in [-0.4, -0.2) is 12.9 Å². The second kappa shape index (κ2) is 4.69. The summed E-state index contributed by atoms with van der Waals surface area (Å²) in [6, 6.07) is 10.6. The first kappa shape index (κ1) is 11.2. The van der Waals surface area contributed by atoms with Gasteiger partial charge in [-0.3, -0.25) is 4.99 Å². The van der Waals surface area contributed by atoms with Crippen LogP contribution in [0.2, 0.25) is 0 Å². The second-order valence-electron chi connectivity index (χ2n) is 4.62. The third kappa shape index (κ3) is 1.84. The van der Waals surface area contributed by atoms with Gasteiger partial charge in [0.2, 0.25) is 0 Å². The van der Waals surface area contributed by atoms with Crippen LogP contribution >= 0.6 is 0 Å². The van der Waals surface area contributed by atoms with Gasteiger partial charge in [-0.1, -0.05) is 49.6 Å². The van der Waals surface area contributed by atoms with Crippen molar-refractivity contribution in [3.05, 3.63) is 35.9 Å². The summed E-state index contributed by atoms with van der Waals surface area (Å²) in [4.78, 5) is 4.26. The van der Waals surface area contributed by atoms with Crippen LogP contribution in [0.5, 0.6) is 0 Å². The van der Waals surface area contributed by atoms with Gasteiger partial charge in [0.15, 0.2) is 0 Å². The van der Waals surface area contributed by atoms with Crippen molar-refractivity contribution in [3.63, 3.8) is 0 Å². The molecule has 0 atom stereocenters. The molecule has 1 aromatic rings. The Balaban J connectivity index is 2.42. The van der Waals surface area contributed by atoms with Crippen molar-refractivity contribution in [1.82, 2.24) is 0 Å². The molecule has 0 radical (unpaired) electrons. The number of nitrogens with zero attached hydrogens (tertiary/aromatic N) is 1. The summed E-state index contributed by atoms with van der Waals surface area (Å²) in [6.07, 6.45) is 6.11. The van der Waals surface area contributed by atoms with Gasteiger partial charge in [-0.25, -0.2) is 0 Å². The lowest BCUT2D eigenvalue weighted by Gasteiger charge is -2.37. The molecule has 0 heterocycles. The van der Waals surface area contributed by atoms with Gasteiger partial charge >= 0.3 is 0 Å². The molecule has 0 aliphatic heterocycles. The SMILES string of the molecule is CN=C(N)C1(c2ccccc2)CCCCC1. The number of benzene rings is 1. The number of amidine groups is 1. The molecule has 2 rings (SSSR count). The fourth-order valence-corrected chi connectivity index (χ4v) is 2.82. The van der Waals surface area contributed by atoms with Gasteiger partial charge in [-0.15, -0.1) is 0 Å². The van der Waals surface area contributed by atoms with Crippen LogP contribution in [0.1, 0.15) is 37.7 Å². The van der Waals surface area contributed by atoms with Crippen molar-refractivity contribution in [2.45, 2.75) is 37.5 Å². The number of hydrogen-bond acceptors (Lipinski definition) is 1. The molecule has 1 fully saturated rings. The van der Waals surface area contributed by atoms with E-state index in [1.54, 1.807) is 7.05 Å². The van der Waals surface area contributed by atoms with E-state index in [9.17, 15) is 0 Å². The summed E-state index contributed by atoms with van der Waals surface area (Å²) in [6.45, 7) is 0. The Morgan fingerprint density at radius 3 is 2.31 bits per heavy atom. The molecule has 0 amide bonds. The minimum atomic E-state index is 0.00819. The van der Waals surface area contributed by atoms with Gasteiger partial charge in [-0.05, 0) is 18.4 Å². The van der Waals surface area contributed by atoms with Gasteiger partial charge in [0.05, 0.1) is 5.41 Å². The lowest BCUT2D eigenvalue weighted by molar-refractivity contribution is 0.377. The Bertz CT molecular complexity index is 362. The largest absolute Gasteiger partial charge is 0.387 e. The van der Waals surface area contributed by atoms with Crippen molar-refractivity contribution in [1.29, 1.82) is 0 Å². The van der Waals surface area contributed by atoms with E-state index in [1.165, 1.54) is 24.8 Å². The first-order valence-electron chi connectivity index (χ1n) is 6.08. The monoisotopic (exact) mass is 216 g/mol. The Morgan fingerprint density at radius 1 is 1.12 bits per heavy atom. The van der Waals surface area contributed by atoms with Crippen LogP contribution in [0, 0.1) is 0 Å². The van der Waals surface area contributed by atoms with E-state index in [1.807, 2.05) is 0 Å². The highest BCUT2D eigenvalue weighted by Crippen LogP contribution is 2.39. The zero-order valence-corrected chi connectivity index (χ0v) is 9.95.